The number of carbonyl (C=O) groups is 7. The van der Waals surface area contributed by atoms with Gasteiger partial charge in [0, 0.05) is 82.0 Å². The Morgan fingerprint density at radius 1 is 0.931 bits per heavy atom. The number of methoxy groups -OCH3 is 1. The van der Waals surface area contributed by atoms with E-state index in [9.17, 15) is 38.7 Å². The summed E-state index contributed by atoms with van der Waals surface area (Å²) >= 11 is 0. The Morgan fingerprint density at radius 3 is 2.31 bits per heavy atom. The molecule has 1 aliphatic carbocycles. The van der Waals surface area contributed by atoms with Crippen LogP contribution in [0.3, 0.4) is 0 Å². The van der Waals surface area contributed by atoms with Crippen molar-refractivity contribution in [2.24, 2.45) is 28.7 Å². The van der Waals surface area contributed by atoms with Gasteiger partial charge in [0.15, 0.2) is 7.28 Å². The van der Waals surface area contributed by atoms with Crippen molar-refractivity contribution in [2.45, 2.75) is 154 Å². The molecule has 3 aliphatic rings. The molecule has 1 aromatic rings. The molecule has 1 saturated heterocycles. The number of carbonyl (C=O) groups excluding carboxylic acids is 7. The number of hydrogen-bond donors (Lipinski definition) is 8. The maximum atomic E-state index is 13.7. The highest BCUT2D eigenvalue weighted by molar-refractivity contribution is 6.39. The zero-order valence-electron chi connectivity index (χ0n) is 43.3. The van der Waals surface area contributed by atoms with Crippen molar-refractivity contribution in [1.29, 1.82) is 0 Å². The number of anilines is 1. The predicted molar refractivity (Wildman–Crippen MR) is 274 cm³/mol. The highest BCUT2D eigenvalue weighted by Crippen LogP contribution is 2.42. The average molecular weight is 1010 g/mol. The largest absolute Gasteiger partial charge is 0.445 e. The number of allylic oxidation sites excluding steroid dienone is 1. The lowest BCUT2D eigenvalue weighted by atomic mass is 9.53. The van der Waals surface area contributed by atoms with Gasteiger partial charge in [-0.3, -0.25) is 28.9 Å². The van der Waals surface area contributed by atoms with Gasteiger partial charge in [0.25, 0.3) is 11.8 Å². The lowest BCUT2D eigenvalue weighted by molar-refractivity contribution is -0.137. The summed E-state index contributed by atoms with van der Waals surface area (Å²) in [5.41, 5.74) is 13.5. The summed E-state index contributed by atoms with van der Waals surface area (Å²) in [5, 5.41) is 24.4. The Labute approximate surface area is 426 Å². The average Bonchev–Trinajstić information content (AvgIpc) is 3.79. The number of imide groups is 1. The monoisotopic (exact) mass is 1010 g/mol. The standard InChI is InChI=1S/C51H81BN9O11/c1-33(2)46(59-43(63)14-8-7-9-23-61-44(64)19-20-45(61)65)48(67)58-40(13-10-21-56-49(54)68)47(66)57-38-17-15-35(16-18-38)32-72-50(69)60(24-25-71-41-29-51(4,5)28-34(41)3)22-11-12-37(53)31-55-30-36-26-39(62)27-42(52-36)70-6/h15-20,31,33-34,36,39-42,46,55,62H,7-14,21-30,32,53H2,1-6H3,(H,57,66)(H,58,67)(H,59,63)(H3,54,56,68)/b37-31-/t34?,36?,39?,40?,41?,42?,46-/m0/s1. The first-order valence-electron chi connectivity index (χ1n) is 25.6. The summed E-state index contributed by atoms with van der Waals surface area (Å²) in [7, 11) is 3.75. The first kappa shape index (κ1) is 58.9. The minimum Gasteiger partial charge on any atom is -0.445 e. The fourth-order valence-corrected chi connectivity index (χ4v) is 9.41. The Bertz CT molecular complexity index is 2000. The molecule has 0 spiro atoms. The van der Waals surface area contributed by atoms with Crippen LogP contribution >= 0.6 is 0 Å². The Hall–Kier alpha value is -5.67. The number of aliphatic hydroxyl groups excluding tert-OH is 1. The zero-order valence-corrected chi connectivity index (χ0v) is 43.3. The van der Waals surface area contributed by atoms with Crippen LogP contribution in [0.5, 0.6) is 0 Å². The summed E-state index contributed by atoms with van der Waals surface area (Å²) in [4.78, 5) is 91.6. The Morgan fingerprint density at radius 2 is 1.65 bits per heavy atom. The molecule has 21 heteroatoms. The number of aliphatic hydroxyl groups is 1. The summed E-state index contributed by atoms with van der Waals surface area (Å²) < 4.78 is 17.5. The van der Waals surface area contributed by atoms with Gasteiger partial charge in [0.1, 0.15) is 18.7 Å². The first-order chi connectivity index (χ1) is 34.2. The Kier molecular flexibility index (Phi) is 24.3. The number of rotatable bonds is 30. The van der Waals surface area contributed by atoms with Crippen molar-refractivity contribution >= 4 is 54.6 Å². The van der Waals surface area contributed by atoms with Gasteiger partial charge in [-0.15, -0.1) is 0 Å². The van der Waals surface area contributed by atoms with E-state index in [1.165, 1.54) is 12.2 Å². The summed E-state index contributed by atoms with van der Waals surface area (Å²) in [6.07, 6.45) is 10.0. The van der Waals surface area contributed by atoms with Gasteiger partial charge < -0.3 is 62.3 Å². The fourth-order valence-electron chi connectivity index (χ4n) is 9.41. The van der Waals surface area contributed by atoms with Gasteiger partial charge in [-0.05, 0) is 105 Å². The molecule has 10 N–H and O–H groups in total. The van der Waals surface area contributed by atoms with E-state index in [0.717, 1.165) is 17.7 Å². The number of nitrogens with zero attached hydrogens (tertiary/aromatic N) is 2. The van der Waals surface area contributed by atoms with Crippen LogP contribution in [-0.4, -0.2) is 141 Å². The van der Waals surface area contributed by atoms with Crippen LogP contribution in [0.15, 0.2) is 48.3 Å². The third-order valence-corrected chi connectivity index (χ3v) is 13.3. The van der Waals surface area contributed by atoms with Crippen LogP contribution in [0.1, 0.15) is 117 Å². The molecule has 1 saturated carbocycles. The SMILES string of the molecule is COC1[B]C(CN/C=C(\N)CCCN(CCOC2CC(C)(C)CC2C)C(=O)OCc2ccc(NC(=O)C(CCCNC(N)=O)NC(=O)[C@@H](NC(=O)CCCCCN3C(=O)C=CC3=O)C(C)C)cc2)CC(O)C1. The molecule has 2 fully saturated rings. The molecule has 0 aromatic heterocycles. The highest BCUT2D eigenvalue weighted by Gasteiger charge is 2.37. The van der Waals surface area contributed by atoms with E-state index >= 15 is 0 Å². The maximum absolute atomic E-state index is 13.7. The second kappa shape index (κ2) is 29.8. The second-order valence-electron chi connectivity index (χ2n) is 20.5. The number of nitrogens with two attached hydrogens (primary N) is 2. The van der Waals surface area contributed by atoms with Crippen LogP contribution in [0, 0.1) is 17.3 Å². The van der Waals surface area contributed by atoms with Gasteiger partial charge in [0.05, 0.1) is 18.8 Å². The molecule has 72 heavy (non-hydrogen) atoms. The second-order valence-corrected chi connectivity index (χ2v) is 20.5. The zero-order chi connectivity index (χ0) is 52.8. The van der Waals surface area contributed by atoms with Crippen molar-refractivity contribution < 1.29 is 52.9 Å². The van der Waals surface area contributed by atoms with Crippen LogP contribution in [-0.2, 0) is 44.8 Å². The molecule has 1 radical (unpaired) electrons. The summed E-state index contributed by atoms with van der Waals surface area (Å²) in [6, 6.07) is 3.96. The molecule has 399 valence electrons. The molecule has 7 atom stereocenters. The number of nitrogens with one attached hydrogen (secondary N) is 5. The lowest BCUT2D eigenvalue weighted by Crippen LogP contribution is -2.54. The van der Waals surface area contributed by atoms with Crippen LogP contribution in [0.25, 0.3) is 0 Å². The normalized spacial score (nSPS) is 21.4. The topological polar surface area (TPSA) is 286 Å². The number of benzene rings is 1. The summed E-state index contributed by atoms with van der Waals surface area (Å²) in [5.74, 6) is -1.91. The van der Waals surface area contributed by atoms with Gasteiger partial charge in [-0.1, -0.05) is 53.2 Å². The van der Waals surface area contributed by atoms with Crippen molar-refractivity contribution in [1.82, 2.24) is 31.1 Å². The van der Waals surface area contributed by atoms with Gasteiger partial charge >= 0.3 is 12.1 Å². The van der Waals surface area contributed by atoms with E-state index in [0.29, 0.717) is 100 Å². The van der Waals surface area contributed by atoms with E-state index in [-0.39, 0.29) is 79.5 Å². The molecule has 6 unspecified atom stereocenters. The van der Waals surface area contributed by atoms with Crippen LogP contribution in [0.2, 0.25) is 5.82 Å². The number of urea groups is 1. The lowest BCUT2D eigenvalue weighted by Gasteiger charge is -2.30. The van der Waals surface area contributed by atoms with Crippen LogP contribution < -0.4 is 38.1 Å². The van der Waals surface area contributed by atoms with Crippen molar-refractivity contribution in [3.63, 3.8) is 0 Å². The number of hydrogen-bond acceptors (Lipinski definition) is 13. The molecule has 1 aromatic carbocycles. The maximum Gasteiger partial charge on any atom is 0.410 e. The van der Waals surface area contributed by atoms with Crippen molar-refractivity contribution in [2.75, 3.05) is 51.8 Å². The molecule has 2 aliphatic heterocycles. The first-order valence-corrected chi connectivity index (χ1v) is 25.6. The number of unbranched alkanes of at least 4 members (excludes halogenated alkanes) is 2. The summed E-state index contributed by atoms with van der Waals surface area (Å²) in [6.45, 7) is 12.3. The molecular weight excluding hydrogens is 925 g/mol. The molecule has 8 amide bonds. The third-order valence-electron chi connectivity index (χ3n) is 13.3. The molecule has 20 nitrogen and oxygen atoms in total. The number of ether oxygens (including phenoxy) is 3. The van der Waals surface area contributed by atoms with Gasteiger partial charge in [-0.25, -0.2) is 9.59 Å². The van der Waals surface area contributed by atoms with Crippen molar-refractivity contribution in [3.8, 4) is 0 Å². The number of primary amides is 1. The molecule has 4 rings (SSSR count). The fraction of sp³-hybridized carbons (Fsp3) is 0.667. The molecule has 0 bridgehead atoms. The van der Waals surface area contributed by atoms with E-state index in [1.807, 2.05) is 0 Å². The minimum absolute atomic E-state index is 0.0345. The quantitative estimate of drug-likeness (QED) is 0.0310. The molecular formula is C51H81BN9O11. The van der Waals surface area contributed by atoms with Gasteiger partial charge in [-0.2, -0.15) is 0 Å². The van der Waals surface area contributed by atoms with E-state index in [4.69, 9.17) is 25.7 Å². The molecule has 2 heterocycles. The number of amides is 8. The third kappa shape index (κ3) is 20.8. The highest BCUT2D eigenvalue weighted by atomic mass is 16.6. The van der Waals surface area contributed by atoms with E-state index in [2.05, 4.69) is 54.6 Å². The van der Waals surface area contributed by atoms with E-state index in [1.54, 1.807) is 56.3 Å². The van der Waals surface area contributed by atoms with Crippen LogP contribution in [0.4, 0.5) is 15.3 Å². The van der Waals surface area contributed by atoms with E-state index < -0.39 is 42.1 Å². The smallest absolute Gasteiger partial charge is 0.410 e. The van der Waals surface area contributed by atoms with Crippen molar-refractivity contribution in [3.05, 3.63) is 53.9 Å². The minimum atomic E-state index is -1.05. The predicted octanol–water partition coefficient (Wildman–Crippen LogP) is 3.75. The van der Waals surface area contributed by atoms with Gasteiger partial charge in [0.2, 0.25) is 17.7 Å². The Balaban J connectivity index is 1.30.